The summed E-state index contributed by atoms with van der Waals surface area (Å²) in [6.07, 6.45) is 2.26. The highest BCUT2D eigenvalue weighted by Crippen LogP contribution is 2.34. The number of anilines is 1. The molecule has 1 unspecified atom stereocenters. The maximum Gasteiger partial charge on any atom is 0.313 e. The van der Waals surface area contributed by atoms with Crippen LogP contribution in [-0.2, 0) is 9.53 Å². The van der Waals surface area contributed by atoms with Gasteiger partial charge in [0.1, 0.15) is 12.1 Å². The predicted molar refractivity (Wildman–Crippen MR) is 77.1 cm³/mol. The summed E-state index contributed by atoms with van der Waals surface area (Å²) in [5.41, 5.74) is 0.412. The van der Waals surface area contributed by atoms with E-state index < -0.39 is 5.41 Å². The summed E-state index contributed by atoms with van der Waals surface area (Å²) in [6, 6.07) is 1.97. The molecular weight excluding hydrogens is 270 g/mol. The van der Waals surface area contributed by atoms with Crippen LogP contribution < -0.4 is 4.90 Å². The van der Waals surface area contributed by atoms with Crippen molar-refractivity contribution >= 4 is 17.6 Å². The molecule has 3 heterocycles. The molecule has 0 amide bonds. The molecule has 1 saturated heterocycles. The van der Waals surface area contributed by atoms with Crippen LogP contribution in [-0.4, -0.2) is 45.2 Å². The Morgan fingerprint density at radius 3 is 3.10 bits per heavy atom. The lowest BCUT2D eigenvalue weighted by Gasteiger charge is -2.23. The molecule has 21 heavy (non-hydrogen) atoms. The van der Waals surface area contributed by atoms with Crippen molar-refractivity contribution in [2.45, 2.75) is 27.2 Å². The smallest absolute Gasteiger partial charge is 0.313 e. The molecule has 0 saturated carbocycles. The average molecular weight is 289 g/mol. The second-order valence-electron chi connectivity index (χ2n) is 5.68. The number of rotatable bonds is 3. The number of aryl methyl sites for hydroxylation is 1. The summed E-state index contributed by atoms with van der Waals surface area (Å²) >= 11 is 0. The van der Waals surface area contributed by atoms with Gasteiger partial charge in [0.25, 0.3) is 5.78 Å². The average Bonchev–Trinajstić information content (AvgIpc) is 3.05. The number of esters is 1. The van der Waals surface area contributed by atoms with Gasteiger partial charge in [-0.05, 0) is 27.2 Å². The summed E-state index contributed by atoms with van der Waals surface area (Å²) in [6.45, 7) is 7.53. The van der Waals surface area contributed by atoms with Crippen molar-refractivity contribution in [3.05, 3.63) is 18.1 Å². The van der Waals surface area contributed by atoms with E-state index in [-0.39, 0.29) is 5.97 Å². The molecule has 0 aliphatic carbocycles. The molecule has 0 spiro atoms. The number of hydrogen-bond acceptors (Lipinski definition) is 6. The number of aromatic nitrogens is 4. The molecule has 0 N–H and O–H groups in total. The van der Waals surface area contributed by atoms with E-state index in [1.165, 1.54) is 6.33 Å². The number of nitrogens with zero attached hydrogens (tertiary/aromatic N) is 5. The van der Waals surface area contributed by atoms with Gasteiger partial charge in [0.15, 0.2) is 0 Å². The Morgan fingerprint density at radius 2 is 2.33 bits per heavy atom. The Hall–Kier alpha value is -2.18. The minimum Gasteiger partial charge on any atom is -0.466 e. The Bertz CT molecular complexity index is 683. The summed E-state index contributed by atoms with van der Waals surface area (Å²) < 4.78 is 6.91. The van der Waals surface area contributed by atoms with E-state index in [4.69, 9.17) is 4.74 Å². The van der Waals surface area contributed by atoms with E-state index in [1.807, 2.05) is 26.8 Å². The maximum atomic E-state index is 12.1. The largest absolute Gasteiger partial charge is 0.466 e. The fraction of sp³-hybridized carbons (Fsp3) is 0.571. The van der Waals surface area contributed by atoms with Crippen molar-refractivity contribution in [1.29, 1.82) is 0 Å². The lowest BCUT2D eigenvalue weighted by Crippen LogP contribution is -2.34. The van der Waals surface area contributed by atoms with Crippen molar-refractivity contribution < 1.29 is 9.53 Å². The van der Waals surface area contributed by atoms with Gasteiger partial charge in [0.2, 0.25) is 0 Å². The molecule has 1 aliphatic heterocycles. The summed E-state index contributed by atoms with van der Waals surface area (Å²) in [4.78, 5) is 22.7. The third-order valence-corrected chi connectivity index (χ3v) is 3.93. The Labute approximate surface area is 122 Å². The zero-order chi connectivity index (χ0) is 15.0. The molecule has 1 fully saturated rings. The molecule has 0 radical (unpaired) electrons. The topological polar surface area (TPSA) is 72.6 Å². The van der Waals surface area contributed by atoms with E-state index in [2.05, 4.69) is 20.0 Å². The summed E-state index contributed by atoms with van der Waals surface area (Å²) in [7, 11) is 0. The zero-order valence-corrected chi connectivity index (χ0v) is 12.5. The summed E-state index contributed by atoms with van der Waals surface area (Å²) in [5.74, 6) is 1.37. The van der Waals surface area contributed by atoms with Crippen molar-refractivity contribution in [1.82, 2.24) is 19.6 Å². The van der Waals surface area contributed by atoms with Crippen molar-refractivity contribution in [2.24, 2.45) is 5.41 Å². The Kier molecular flexibility index (Phi) is 3.27. The van der Waals surface area contributed by atoms with E-state index >= 15 is 0 Å². The molecule has 0 aromatic carbocycles. The third kappa shape index (κ3) is 2.32. The highest BCUT2D eigenvalue weighted by atomic mass is 16.5. The molecule has 0 bridgehead atoms. The SMILES string of the molecule is CCOC(=O)C1(C)CCN(c2cc(C)nc3ncnn23)C1. The van der Waals surface area contributed by atoms with Gasteiger partial charge in [0, 0.05) is 24.8 Å². The number of carbonyl (C=O) groups excluding carboxylic acids is 1. The predicted octanol–water partition coefficient (Wildman–Crippen LogP) is 1.21. The van der Waals surface area contributed by atoms with Crippen LogP contribution in [0, 0.1) is 12.3 Å². The second-order valence-corrected chi connectivity index (χ2v) is 5.68. The fourth-order valence-electron chi connectivity index (χ4n) is 2.77. The van der Waals surface area contributed by atoms with E-state index in [9.17, 15) is 4.79 Å². The second kappa shape index (κ2) is 4.98. The van der Waals surface area contributed by atoms with Crippen molar-refractivity contribution in [3.8, 4) is 0 Å². The van der Waals surface area contributed by atoms with Crippen molar-refractivity contribution in [2.75, 3.05) is 24.6 Å². The van der Waals surface area contributed by atoms with Crippen LogP contribution in [0.25, 0.3) is 5.78 Å². The minimum atomic E-state index is -0.472. The number of carbonyl (C=O) groups is 1. The minimum absolute atomic E-state index is 0.131. The van der Waals surface area contributed by atoms with Crippen LogP contribution >= 0.6 is 0 Å². The first-order valence-corrected chi connectivity index (χ1v) is 7.13. The first-order valence-electron chi connectivity index (χ1n) is 7.13. The highest BCUT2D eigenvalue weighted by Gasteiger charge is 2.42. The monoisotopic (exact) mass is 289 g/mol. The lowest BCUT2D eigenvalue weighted by atomic mass is 9.90. The number of ether oxygens (including phenoxy) is 1. The number of fused-ring (bicyclic) bond motifs is 1. The fourth-order valence-corrected chi connectivity index (χ4v) is 2.77. The maximum absolute atomic E-state index is 12.1. The summed E-state index contributed by atoms with van der Waals surface area (Å²) in [5, 5.41) is 4.22. The molecule has 112 valence electrons. The molecule has 2 aromatic rings. The Balaban J connectivity index is 1.91. The Morgan fingerprint density at radius 1 is 1.52 bits per heavy atom. The standard InChI is InChI=1S/C14H19N5O2/c1-4-21-12(20)14(3)5-6-18(8-14)11-7-10(2)17-13-15-9-16-19(11)13/h7,9H,4-6,8H2,1-3H3. The third-order valence-electron chi connectivity index (χ3n) is 3.93. The van der Waals surface area contributed by atoms with Gasteiger partial charge in [-0.3, -0.25) is 4.79 Å². The van der Waals surface area contributed by atoms with Crippen LogP contribution in [0.4, 0.5) is 5.82 Å². The molecule has 2 aromatic heterocycles. The van der Waals surface area contributed by atoms with Crippen LogP contribution in [0.15, 0.2) is 12.4 Å². The first kappa shape index (κ1) is 13.8. The highest BCUT2D eigenvalue weighted by molar-refractivity contribution is 5.78. The lowest BCUT2D eigenvalue weighted by molar-refractivity contribution is -0.153. The van der Waals surface area contributed by atoms with Gasteiger partial charge < -0.3 is 9.64 Å². The molecule has 1 atom stereocenters. The number of hydrogen-bond donors (Lipinski definition) is 0. The molecule has 1 aliphatic rings. The van der Waals surface area contributed by atoms with E-state index in [0.29, 0.717) is 18.9 Å². The van der Waals surface area contributed by atoms with Gasteiger partial charge in [-0.2, -0.15) is 14.6 Å². The van der Waals surface area contributed by atoms with Crippen LogP contribution in [0.1, 0.15) is 26.0 Å². The van der Waals surface area contributed by atoms with Crippen LogP contribution in [0.3, 0.4) is 0 Å². The molecular formula is C14H19N5O2. The molecule has 7 heteroatoms. The normalized spacial score (nSPS) is 22.0. The van der Waals surface area contributed by atoms with Gasteiger partial charge in [-0.1, -0.05) is 0 Å². The zero-order valence-electron chi connectivity index (χ0n) is 12.5. The molecule has 3 rings (SSSR count). The van der Waals surface area contributed by atoms with Gasteiger partial charge >= 0.3 is 5.97 Å². The quantitative estimate of drug-likeness (QED) is 0.791. The van der Waals surface area contributed by atoms with Crippen LogP contribution in [0.2, 0.25) is 0 Å². The molecule has 7 nitrogen and oxygen atoms in total. The van der Waals surface area contributed by atoms with E-state index in [1.54, 1.807) is 4.52 Å². The van der Waals surface area contributed by atoms with E-state index in [0.717, 1.165) is 24.5 Å². The van der Waals surface area contributed by atoms with Crippen molar-refractivity contribution in [3.63, 3.8) is 0 Å². The van der Waals surface area contributed by atoms with Gasteiger partial charge in [-0.25, -0.2) is 4.98 Å². The van der Waals surface area contributed by atoms with Gasteiger partial charge in [0.05, 0.1) is 12.0 Å². The first-order chi connectivity index (χ1) is 10.0. The van der Waals surface area contributed by atoms with Gasteiger partial charge in [-0.15, -0.1) is 0 Å². The van der Waals surface area contributed by atoms with Crippen LogP contribution in [0.5, 0.6) is 0 Å².